The molecule has 1 unspecified atom stereocenters. The van der Waals surface area contributed by atoms with Crippen LogP contribution in [0.15, 0.2) is 24.8 Å². The van der Waals surface area contributed by atoms with Crippen LogP contribution in [-0.4, -0.2) is 32.0 Å². The second-order valence-corrected chi connectivity index (χ2v) is 5.42. The fourth-order valence-corrected chi connectivity index (χ4v) is 2.28. The van der Waals surface area contributed by atoms with Gasteiger partial charge < -0.3 is 5.32 Å². The van der Waals surface area contributed by atoms with Gasteiger partial charge in [-0.25, -0.2) is 0 Å². The molecule has 1 amide bonds. The summed E-state index contributed by atoms with van der Waals surface area (Å²) >= 11 is 5.84. The Hall–Kier alpha value is -1.82. The third-order valence-corrected chi connectivity index (χ3v) is 3.40. The van der Waals surface area contributed by atoms with E-state index in [4.69, 9.17) is 11.6 Å². The van der Waals surface area contributed by atoms with Gasteiger partial charge >= 0.3 is 0 Å². The lowest BCUT2D eigenvalue weighted by Gasteiger charge is -2.15. The molecule has 2 heterocycles. The summed E-state index contributed by atoms with van der Waals surface area (Å²) in [5.41, 5.74) is 1.14. The number of hydrogen-bond donors (Lipinski definition) is 1. The number of hydrogen-bond acceptors (Lipinski definition) is 3. The summed E-state index contributed by atoms with van der Waals surface area (Å²) in [4.78, 5) is 12.2. The van der Waals surface area contributed by atoms with E-state index in [-0.39, 0.29) is 11.9 Å². The Morgan fingerprint density at radius 1 is 1.38 bits per heavy atom. The van der Waals surface area contributed by atoms with Crippen molar-refractivity contribution in [2.45, 2.75) is 39.3 Å². The molecule has 0 fully saturated rings. The van der Waals surface area contributed by atoms with Crippen molar-refractivity contribution in [1.29, 1.82) is 0 Å². The zero-order valence-electron chi connectivity index (χ0n) is 12.3. The molecule has 0 aliphatic rings. The van der Waals surface area contributed by atoms with Gasteiger partial charge in [-0.2, -0.15) is 10.2 Å². The van der Waals surface area contributed by atoms with Gasteiger partial charge in [-0.1, -0.05) is 18.5 Å². The summed E-state index contributed by atoms with van der Waals surface area (Å²) in [6.45, 7) is 5.36. The van der Waals surface area contributed by atoms with Crippen LogP contribution < -0.4 is 5.32 Å². The molecule has 6 nitrogen and oxygen atoms in total. The maximum atomic E-state index is 12.2. The minimum Gasteiger partial charge on any atom is -0.354 e. The molecule has 0 spiro atoms. The molecule has 2 aromatic rings. The van der Waals surface area contributed by atoms with E-state index in [0.717, 1.165) is 18.5 Å². The lowest BCUT2D eigenvalue weighted by Crippen LogP contribution is -2.33. The van der Waals surface area contributed by atoms with Crippen molar-refractivity contribution in [1.82, 2.24) is 24.9 Å². The summed E-state index contributed by atoms with van der Waals surface area (Å²) in [6, 6.07) is -0.315. The topological polar surface area (TPSA) is 64.7 Å². The van der Waals surface area contributed by atoms with E-state index in [1.54, 1.807) is 10.9 Å². The summed E-state index contributed by atoms with van der Waals surface area (Å²) < 4.78 is 3.49. The first kappa shape index (κ1) is 15.6. The van der Waals surface area contributed by atoms with Crippen molar-refractivity contribution < 1.29 is 4.79 Å². The van der Waals surface area contributed by atoms with Crippen molar-refractivity contribution in [3.8, 4) is 0 Å². The number of carbonyl (C=O) groups excluding carboxylic acids is 1. The predicted octanol–water partition coefficient (Wildman–Crippen LogP) is 2.20. The average molecular weight is 310 g/mol. The minimum atomic E-state index is -0.315. The zero-order valence-corrected chi connectivity index (χ0v) is 13.0. The standard InChI is InChI=1S/C14H20ClN5O/c1-3-13(20-10-12(15)8-18-20)14(21)16-5-4-6-19-9-11(2)7-17-19/h7-10,13H,3-6H2,1-2H3,(H,16,21). The molecule has 0 radical (unpaired) electrons. The highest BCUT2D eigenvalue weighted by Crippen LogP contribution is 2.14. The monoisotopic (exact) mass is 309 g/mol. The quantitative estimate of drug-likeness (QED) is 0.797. The summed E-state index contributed by atoms with van der Waals surface area (Å²) in [5, 5.41) is 11.8. The van der Waals surface area contributed by atoms with Crippen molar-refractivity contribution in [3.63, 3.8) is 0 Å². The van der Waals surface area contributed by atoms with Crippen LogP contribution in [0.1, 0.15) is 31.4 Å². The van der Waals surface area contributed by atoms with Gasteiger partial charge in [0.25, 0.3) is 0 Å². The van der Waals surface area contributed by atoms with E-state index in [9.17, 15) is 4.79 Å². The summed E-state index contributed by atoms with van der Waals surface area (Å²) in [6.07, 6.45) is 8.53. The Labute approximate surface area is 129 Å². The van der Waals surface area contributed by atoms with Gasteiger partial charge in [0.15, 0.2) is 0 Å². The Morgan fingerprint density at radius 3 is 2.76 bits per heavy atom. The van der Waals surface area contributed by atoms with E-state index < -0.39 is 0 Å². The maximum Gasteiger partial charge on any atom is 0.244 e. The third-order valence-electron chi connectivity index (χ3n) is 3.20. The molecular weight excluding hydrogens is 290 g/mol. The number of aromatic nitrogens is 4. The Bertz CT molecular complexity index is 592. The van der Waals surface area contributed by atoms with E-state index in [1.165, 1.54) is 6.20 Å². The number of halogens is 1. The fraction of sp³-hybridized carbons (Fsp3) is 0.500. The van der Waals surface area contributed by atoms with Crippen molar-refractivity contribution in [3.05, 3.63) is 35.4 Å². The molecule has 1 N–H and O–H groups in total. The SMILES string of the molecule is CCC(C(=O)NCCCn1cc(C)cn1)n1cc(Cl)cn1. The normalized spacial score (nSPS) is 12.3. The molecule has 2 aromatic heterocycles. The molecule has 21 heavy (non-hydrogen) atoms. The van der Waals surface area contributed by atoms with Crippen molar-refractivity contribution >= 4 is 17.5 Å². The van der Waals surface area contributed by atoms with Crippen LogP contribution in [0.25, 0.3) is 0 Å². The minimum absolute atomic E-state index is 0.0334. The van der Waals surface area contributed by atoms with E-state index in [2.05, 4.69) is 15.5 Å². The molecule has 0 saturated heterocycles. The van der Waals surface area contributed by atoms with E-state index >= 15 is 0 Å². The van der Waals surface area contributed by atoms with Crippen LogP contribution in [0.3, 0.4) is 0 Å². The lowest BCUT2D eigenvalue weighted by molar-refractivity contribution is -0.124. The van der Waals surface area contributed by atoms with Gasteiger partial charge in [-0.05, 0) is 25.3 Å². The Kier molecular flexibility index (Phi) is 5.38. The third kappa shape index (κ3) is 4.32. The number of aryl methyl sites for hydroxylation is 2. The number of nitrogens with zero attached hydrogens (tertiary/aromatic N) is 4. The highest BCUT2D eigenvalue weighted by Gasteiger charge is 2.18. The van der Waals surface area contributed by atoms with Gasteiger partial charge in [0.05, 0.1) is 17.4 Å². The van der Waals surface area contributed by atoms with Gasteiger partial charge in [0.2, 0.25) is 5.91 Å². The number of carbonyl (C=O) groups is 1. The smallest absolute Gasteiger partial charge is 0.244 e. The molecule has 114 valence electrons. The molecule has 0 aliphatic carbocycles. The van der Waals surface area contributed by atoms with Gasteiger partial charge in [0, 0.05) is 25.5 Å². The number of nitrogens with one attached hydrogen (secondary N) is 1. The molecule has 0 aromatic carbocycles. The summed E-state index contributed by atoms with van der Waals surface area (Å²) in [5.74, 6) is -0.0334. The van der Waals surface area contributed by atoms with Gasteiger partial charge in [-0.3, -0.25) is 14.2 Å². The molecular formula is C14H20ClN5O. The highest BCUT2D eigenvalue weighted by molar-refractivity contribution is 6.30. The second-order valence-electron chi connectivity index (χ2n) is 4.99. The molecule has 7 heteroatoms. The molecule has 0 saturated carbocycles. The second kappa shape index (κ2) is 7.26. The molecule has 1 atom stereocenters. The van der Waals surface area contributed by atoms with Crippen molar-refractivity contribution in [2.75, 3.05) is 6.54 Å². The van der Waals surface area contributed by atoms with Crippen molar-refractivity contribution in [2.24, 2.45) is 0 Å². The Morgan fingerprint density at radius 2 is 2.19 bits per heavy atom. The van der Waals surface area contributed by atoms with Gasteiger partial charge in [0.1, 0.15) is 6.04 Å². The molecule has 2 rings (SSSR count). The van der Waals surface area contributed by atoms with Gasteiger partial charge in [-0.15, -0.1) is 0 Å². The first-order chi connectivity index (χ1) is 10.1. The van der Waals surface area contributed by atoms with Crippen LogP contribution in [-0.2, 0) is 11.3 Å². The van der Waals surface area contributed by atoms with Crippen LogP contribution >= 0.6 is 11.6 Å². The van der Waals surface area contributed by atoms with E-state index in [0.29, 0.717) is 18.0 Å². The fourth-order valence-electron chi connectivity index (χ4n) is 2.14. The lowest BCUT2D eigenvalue weighted by atomic mass is 10.2. The first-order valence-electron chi connectivity index (χ1n) is 7.06. The zero-order chi connectivity index (χ0) is 15.2. The Balaban J connectivity index is 1.77. The molecule has 0 bridgehead atoms. The number of rotatable bonds is 7. The number of amides is 1. The largest absolute Gasteiger partial charge is 0.354 e. The summed E-state index contributed by atoms with van der Waals surface area (Å²) in [7, 11) is 0. The molecule has 0 aliphatic heterocycles. The highest BCUT2D eigenvalue weighted by atomic mass is 35.5. The van der Waals surface area contributed by atoms with Crippen LogP contribution in [0, 0.1) is 6.92 Å². The van der Waals surface area contributed by atoms with Crippen LogP contribution in [0.4, 0.5) is 0 Å². The predicted molar refractivity (Wildman–Crippen MR) is 81.2 cm³/mol. The van der Waals surface area contributed by atoms with E-state index in [1.807, 2.05) is 30.9 Å². The van der Waals surface area contributed by atoms with Crippen LogP contribution in [0.5, 0.6) is 0 Å². The first-order valence-corrected chi connectivity index (χ1v) is 7.44. The average Bonchev–Trinajstić information content (AvgIpc) is 3.05. The maximum absolute atomic E-state index is 12.2. The van der Waals surface area contributed by atoms with Crippen LogP contribution in [0.2, 0.25) is 5.02 Å².